The van der Waals surface area contributed by atoms with Crippen molar-refractivity contribution in [1.29, 1.82) is 0 Å². The number of benzene rings is 1. The van der Waals surface area contributed by atoms with Gasteiger partial charge in [0.25, 0.3) is 0 Å². The Morgan fingerprint density at radius 3 is 2.53 bits per heavy atom. The SMILES string of the molecule is CCCCNC[C@H](c1ccccc1)C1CCCCC1. The fourth-order valence-electron chi connectivity index (χ4n) is 3.35. The van der Waals surface area contributed by atoms with E-state index in [0.717, 1.165) is 18.4 Å². The molecule has 0 heterocycles. The summed E-state index contributed by atoms with van der Waals surface area (Å²) < 4.78 is 0. The van der Waals surface area contributed by atoms with E-state index in [1.165, 1.54) is 51.5 Å². The van der Waals surface area contributed by atoms with E-state index in [9.17, 15) is 0 Å². The van der Waals surface area contributed by atoms with Crippen molar-refractivity contribution in [3.8, 4) is 0 Å². The molecule has 2 rings (SSSR count). The summed E-state index contributed by atoms with van der Waals surface area (Å²) >= 11 is 0. The third kappa shape index (κ3) is 4.65. The van der Waals surface area contributed by atoms with Crippen LogP contribution in [0, 0.1) is 5.92 Å². The summed E-state index contributed by atoms with van der Waals surface area (Å²) in [6.07, 6.45) is 9.75. The van der Waals surface area contributed by atoms with Crippen LogP contribution in [0.3, 0.4) is 0 Å². The van der Waals surface area contributed by atoms with Crippen LogP contribution in [0.4, 0.5) is 0 Å². The molecule has 19 heavy (non-hydrogen) atoms. The lowest BCUT2D eigenvalue weighted by Gasteiger charge is -2.31. The van der Waals surface area contributed by atoms with Crippen molar-refractivity contribution in [3.63, 3.8) is 0 Å². The molecule has 0 unspecified atom stereocenters. The molecule has 1 atom stereocenters. The Morgan fingerprint density at radius 2 is 1.84 bits per heavy atom. The van der Waals surface area contributed by atoms with Gasteiger partial charge in [-0.15, -0.1) is 0 Å². The Hall–Kier alpha value is -0.820. The summed E-state index contributed by atoms with van der Waals surface area (Å²) in [5, 5.41) is 3.68. The molecule has 1 aliphatic carbocycles. The minimum atomic E-state index is 0.721. The van der Waals surface area contributed by atoms with E-state index in [1.807, 2.05) is 0 Å². The highest BCUT2D eigenvalue weighted by molar-refractivity contribution is 5.21. The smallest absolute Gasteiger partial charge is 0.00228 e. The number of unbranched alkanes of at least 4 members (excludes halogenated alkanes) is 1. The van der Waals surface area contributed by atoms with Crippen molar-refractivity contribution in [3.05, 3.63) is 35.9 Å². The Balaban J connectivity index is 1.96. The molecule has 106 valence electrons. The van der Waals surface area contributed by atoms with Gasteiger partial charge in [-0.2, -0.15) is 0 Å². The zero-order chi connectivity index (χ0) is 13.3. The lowest BCUT2D eigenvalue weighted by Crippen LogP contribution is -2.28. The molecule has 1 nitrogen and oxygen atoms in total. The van der Waals surface area contributed by atoms with E-state index in [1.54, 1.807) is 5.56 Å². The normalized spacial score (nSPS) is 18.4. The fraction of sp³-hybridized carbons (Fsp3) is 0.667. The van der Waals surface area contributed by atoms with Crippen LogP contribution >= 0.6 is 0 Å². The van der Waals surface area contributed by atoms with Gasteiger partial charge < -0.3 is 5.32 Å². The van der Waals surface area contributed by atoms with Gasteiger partial charge in [-0.25, -0.2) is 0 Å². The van der Waals surface area contributed by atoms with Gasteiger partial charge in [0.2, 0.25) is 0 Å². The lowest BCUT2D eigenvalue weighted by atomic mass is 9.77. The van der Waals surface area contributed by atoms with Crippen molar-refractivity contribution < 1.29 is 0 Å². The van der Waals surface area contributed by atoms with Crippen molar-refractivity contribution >= 4 is 0 Å². The van der Waals surface area contributed by atoms with E-state index in [-0.39, 0.29) is 0 Å². The second-order valence-electron chi connectivity index (χ2n) is 5.97. The van der Waals surface area contributed by atoms with Gasteiger partial charge in [0, 0.05) is 6.54 Å². The maximum absolute atomic E-state index is 3.68. The van der Waals surface area contributed by atoms with Crippen LogP contribution < -0.4 is 5.32 Å². The molecule has 1 N–H and O–H groups in total. The second-order valence-corrected chi connectivity index (χ2v) is 5.97. The van der Waals surface area contributed by atoms with E-state index in [4.69, 9.17) is 0 Å². The summed E-state index contributed by atoms with van der Waals surface area (Å²) in [5.74, 6) is 1.61. The summed E-state index contributed by atoms with van der Waals surface area (Å²) in [6, 6.07) is 11.2. The van der Waals surface area contributed by atoms with Gasteiger partial charge in [0.1, 0.15) is 0 Å². The zero-order valence-corrected chi connectivity index (χ0v) is 12.4. The van der Waals surface area contributed by atoms with Gasteiger partial charge >= 0.3 is 0 Å². The average molecular weight is 259 g/mol. The molecule has 0 aromatic heterocycles. The molecule has 1 fully saturated rings. The molecular weight excluding hydrogens is 230 g/mol. The third-order valence-electron chi connectivity index (χ3n) is 4.52. The number of hydrogen-bond acceptors (Lipinski definition) is 1. The number of nitrogens with one attached hydrogen (secondary N) is 1. The van der Waals surface area contributed by atoms with Crippen LogP contribution in [-0.2, 0) is 0 Å². The minimum absolute atomic E-state index is 0.721. The molecule has 1 saturated carbocycles. The molecule has 1 heteroatoms. The van der Waals surface area contributed by atoms with Crippen LogP contribution in [0.15, 0.2) is 30.3 Å². The van der Waals surface area contributed by atoms with Crippen LogP contribution in [0.2, 0.25) is 0 Å². The first-order valence-electron chi connectivity index (χ1n) is 8.17. The Bertz CT molecular complexity index is 327. The Kier molecular flexibility index (Phi) is 6.43. The minimum Gasteiger partial charge on any atom is -0.316 e. The first kappa shape index (κ1) is 14.6. The predicted octanol–water partition coefficient (Wildman–Crippen LogP) is 4.74. The van der Waals surface area contributed by atoms with Crippen LogP contribution in [0.25, 0.3) is 0 Å². The maximum atomic E-state index is 3.68. The first-order chi connectivity index (χ1) is 9.42. The summed E-state index contributed by atoms with van der Waals surface area (Å²) in [5.41, 5.74) is 1.54. The van der Waals surface area contributed by atoms with E-state index in [0.29, 0.717) is 0 Å². The topological polar surface area (TPSA) is 12.0 Å². The summed E-state index contributed by atoms with van der Waals surface area (Å²) in [7, 11) is 0. The predicted molar refractivity (Wildman–Crippen MR) is 83.5 cm³/mol. The van der Waals surface area contributed by atoms with Gasteiger partial charge in [-0.1, -0.05) is 62.9 Å². The van der Waals surface area contributed by atoms with Crippen molar-refractivity contribution in [1.82, 2.24) is 5.32 Å². The molecule has 0 amide bonds. The Labute approximate surface area is 118 Å². The summed E-state index contributed by atoms with van der Waals surface area (Å²) in [6.45, 7) is 4.60. The highest BCUT2D eigenvalue weighted by Gasteiger charge is 2.24. The third-order valence-corrected chi connectivity index (χ3v) is 4.52. The number of rotatable bonds is 7. The molecule has 1 aliphatic rings. The van der Waals surface area contributed by atoms with Gasteiger partial charge in [-0.05, 0) is 43.2 Å². The molecule has 1 aromatic rings. The number of hydrogen-bond donors (Lipinski definition) is 1. The van der Waals surface area contributed by atoms with E-state index >= 15 is 0 Å². The molecule has 0 radical (unpaired) electrons. The molecule has 0 bridgehead atoms. The Morgan fingerprint density at radius 1 is 1.11 bits per heavy atom. The standard InChI is InChI=1S/C18H29N/c1-2-3-14-19-15-18(16-10-6-4-7-11-16)17-12-8-5-9-13-17/h4,6-7,10-11,17-19H,2-3,5,8-9,12-15H2,1H3/t18-/m1/s1. The van der Waals surface area contributed by atoms with Gasteiger partial charge in [0.05, 0.1) is 0 Å². The molecule has 0 aliphatic heterocycles. The van der Waals surface area contributed by atoms with Crippen LogP contribution in [-0.4, -0.2) is 13.1 Å². The van der Waals surface area contributed by atoms with Crippen molar-refractivity contribution in [2.45, 2.75) is 57.8 Å². The van der Waals surface area contributed by atoms with Gasteiger partial charge in [-0.3, -0.25) is 0 Å². The average Bonchev–Trinajstić information content (AvgIpc) is 2.49. The highest BCUT2D eigenvalue weighted by Crippen LogP contribution is 2.35. The first-order valence-corrected chi connectivity index (χ1v) is 8.17. The van der Waals surface area contributed by atoms with Crippen molar-refractivity contribution in [2.75, 3.05) is 13.1 Å². The van der Waals surface area contributed by atoms with E-state index < -0.39 is 0 Å². The van der Waals surface area contributed by atoms with Crippen LogP contribution in [0.1, 0.15) is 63.4 Å². The van der Waals surface area contributed by atoms with Crippen LogP contribution in [0.5, 0.6) is 0 Å². The molecule has 0 spiro atoms. The zero-order valence-electron chi connectivity index (χ0n) is 12.4. The quantitative estimate of drug-likeness (QED) is 0.697. The summed E-state index contributed by atoms with van der Waals surface area (Å²) in [4.78, 5) is 0. The molecule has 1 aromatic carbocycles. The second kappa shape index (κ2) is 8.37. The monoisotopic (exact) mass is 259 g/mol. The molecule has 0 saturated heterocycles. The largest absolute Gasteiger partial charge is 0.316 e. The fourth-order valence-corrected chi connectivity index (χ4v) is 3.35. The van der Waals surface area contributed by atoms with E-state index in [2.05, 4.69) is 42.6 Å². The molecular formula is C18H29N. The van der Waals surface area contributed by atoms with Crippen molar-refractivity contribution in [2.24, 2.45) is 5.92 Å². The lowest BCUT2D eigenvalue weighted by molar-refractivity contribution is 0.297. The van der Waals surface area contributed by atoms with Gasteiger partial charge in [0.15, 0.2) is 0 Å². The maximum Gasteiger partial charge on any atom is 0.00228 e. The highest BCUT2D eigenvalue weighted by atomic mass is 14.9.